The van der Waals surface area contributed by atoms with E-state index in [1.54, 1.807) is 25.3 Å². The number of pyridine rings is 1. The van der Waals surface area contributed by atoms with E-state index in [0.717, 1.165) is 35.2 Å². The summed E-state index contributed by atoms with van der Waals surface area (Å²) in [6.07, 6.45) is 2.02. The zero-order valence-electron chi connectivity index (χ0n) is 15.2. The summed E-state index contributed by atoms with van der Waals surface area (Å²) in [5.41, 5.74) is 4.74. The Balaban J connectivity index is 1.73. The van der Waals surface area contributed by atoms with E-state index in [9.17, 15) is 9.59 Å². The number of nitrogens with zero attached hydrogens (tertiary/aromatic N) is 1. The van der Waals surface area contributed by atoms with Gasteiger partial charge in [0.15, 0.2) is 0 Å². The first-order chi connectivity index (χ1) is 12.5. The van der Waals surface area contributed by atoms with Gasteiger partial charge in [-0.1, -0.05) is 0 Å². The van der Waals surface area contributed by atoms with E-state index in [0.29, 0.717) is 23.6 Å². The lowest BCUT2D eigenvalue weighted by atomic mass is 10.0. The Kier molecular flexibility index (Phi) is 5.21. The molecular formula is C20H22N2O4. The molecule has 1 aromatic carbocycles. The number of hydrogen-bond acceptors (Lipinski definition) is 5. The van der Waals surface area contributed by atoms with Gasteiger partial charge < -0.3 is 14.8 Å². The number of aromatic nitrogens is 1. The SMILES string of the molecule is COc1nc(COC(=O)c2ccc3c(c2)CCCC(=O)N3)c(C)cc1C. The molecule has 26 heavy (non-hydrogen) atoms. The van der Waals surface area contributed by atoms with Crippen molar-refractivity contribution in [1.29, 1.82) is 0 Å². The Labute approximate surface area is 152 Å². The van der Waals surface area contributed by atoms with Crippen molar-refractivity contribution in [2.75, 3.05) is 12.4 Å². The van der Waals surface area contributed by atoms with Gasteiger partial charge in [0.2, 0.25) is 11.8 Å². The van der Waals surface area contributed by atoms with Gasteiger partial charge in [0.25, 0.3) is 0 Å². The minimum absolute atomic E-state index is 0.00828. The third-order valence-corrected chi connectivity index (χ3v) is 4.46. The number of methoxy groups -OCH3 is 1. The highest BCUT2D eigenvalue weighted by Gasteiger charge is 2.16. The monoisotopic (exact) mass is 354 g/mol. The molecule has 1 aliphatic heterocycles. The minimum atomic E-state index is -0.413. The number of anilines is 1. The first-order valence-electron chi connectivity index (χ1n) is 8.59. The average molecular weight is 354 g/mol. The van der Waals surface area contributed by atoms with Crippen LogP contribution < -0.4 is 10.1 Å². The molecule has 1 aliphatic rings. The van der Waals surface area contributed by atoms with Crippen molar-refractivity contribution >= 4 is 17.6 Å². The molecule has 2 heterocycles. The molecule has 0 unspecified atom stereocenters. The van der Waals surface area contributed by atoms with Crippen LogP contribution in [0, 0.1) is 13.8 Å². The summed E-state index contributed by atoms with van der Waals surface area (Å²) in [5.74, 6) is 0.125. The number of aryl methyl sites for hydroxylation is 3. The second-order valence-corrected chi connectivity index (χ2v) is 6.43. The number of carbonyl (C=O) groups is 2. The molecule has 0 fully saturated rings. The largest absolute Gasteiger partial charge is 0.481 e. The molecule has 6 nitrogen and oxygen atoms in total. The van der Waals surface area contributed by atoms with Crippen molar-refractivity contribution in [2.45, 2.75) is 39.7 Å². The molecular weight excluding hydrogens is 332 g/mol. The van der Waals surface area contributed by atoms with E-state index in [1.807, 2.05) is 19.9 Å². The van der Waals surface area contributed by atoms with Crippen molar-refractivity contribution in [3.05, 3.63) is 52.2 Å². The molecule has 0 aliphatic carbocycles. The molecule has 0 bridgehead atoms. The molecule has 0 atom stereocenters. The number of fused-ring (bicyclic) bond motifs is 1. The molecule has 0 saturated heterocycles. The number of ether oxygens (including phenoxy) is 2. The fourth-order valence-corrected chi connectivity index (χ4v) is 3.04. The van der Waals surface area contributed by atoms with Crippen molar-refractivity contribution in [3.63, 3.8) is 0 Å². The highest BCUT2D eigenvalue weighted by atomic mass is 16.5. The molecule has 0 spiro atoms. The molecule has 1 amide bonds. The third-order valence-electron chi connectivity index (χ3n) is 4.46. The van der Waals surface area contributed by atoms with Gasteiger partial charge in [-0.3, -0.25) is 4.79 Å². The summed E-state index contributed by atoms with van der Waals surface area (Å²) in [6, 6.07) is 7.18. The van der Waals surface area contributed by atoms with Crippen LogP contribution in [0.4, 0.5) is 5.69 Å². The number of nitrogens with one attached hydrogen (secondary N) is 1. The van der Waals surface area contributed by atoms with Gasteiger partial charge in [-0.25, -0.2) is 9.78 Å². The molecule has 1 aromatic heterocycles. The Bertz CT molecular complexity index is 861. The van der Waals surface area contributed by atoms with Crippen LogP contribution in [-0.4, -0.2) is 24.0 Å². The molecule has 1 N–H and O–H groups in total. The normalized spacial score (nSPS) is 13.4. The van der Waals surface area contributed by atoms with Gasteiger partial charge in [-0.05, 0) is 62.1 Å². The van der Waals surface area contributed by atoms with Crippen LogP contribution in [0.3, 0.4) is 0 Å². The van der Waals surface area contributed by atoms with E-state index in [-0.39, 0.29) is 12.5 Å². The minimum Gasteiger partial charge on any atom is -0.481 e. The summed E-state index contributed by atoms with van der Waals surface area (Å²) in [4.78, 5) is 28.4. The lowest BCUT2D eigenvalue weighted by Gasteiger charge is -2.12. The maximum absolute atomic E-state index is 12.4. The average Bonchev–Trinajstić information content (AvgIpc) is 2.80. The number of rotatable bonds is 4. The summed E-state index contributed by atoms with van der Waals surface area (Å²) < 4.78 is 10.7. The van der Waals surface area contributed by atoms with Gasteiger partial charge >= 0.3 is 5.97 Å². The summed E-state index contributed by atoms with van der Waals surface area (Å²) >= 11 is 0. The van der Waals surface area contributed by atoms with Gasteiger partial charge in [0, 0.05) is 17.7 Å². The molecule has 136 valence electrons. The maximum atomic E-state index is 12.4. The lowest BCUT2D eigenvalue weighted by molar-refractivity contribution is -0.116. The van der Waals surface area contributed by atoms with Gasteiger partial charge in [-0.2, -0.15) is 0 Å². The topological polar surface area (TPSA) is 77.5 Å². The Morgan fingerprint density at radius 1 is 1.19 bits per heavy atom. The Morgan fingerprint density at radius 3 is 2.77 bits per heavy atom. The summed E-state index contributed by atoms with van der Waals surface area (Å²) in [7, 11) is 1.56. The molecule has 2 aromatic rings. The maximum Gasteiger partial charge on any atom is 0.338 e. The van der Waals surface area contributed by atoms with Crippen LogP contribution in [-0.2, 0) is 22.6 Å². The number of amides is 1. The van der Waals surface area contributed by atoms with E-state index in [2.05, 4.69) is 10.3 Å². The number of benzene rings is 1. The number of hydrogen-bond donors (Lipinski definition) is 1. The van der Waals surface area contributed by atoms with E-state index in [4.69, 9.17) is 9.47 Å². The number of esters is 1. The summed E-state index contributed by atoms with van der Waals surface area (Å²) in [6.45, 7) is 3.92. The van der Waals surface area contributed by atoms with Gasteiger partial charge in [-0.15, -0.1) is 0 Å². The van der Waals surface area contributed by atoms with Crippen molar-refractivity contribution < 1.29 is 19.1 Å². The van der Waals surface area contributed by atoms with Crippen molar-refractivity contribution in [3.8, 4) is 5.88 Å². The zero-order valence-corrected chi connectivity index (χ0v) is 15.2. The fourth-order valence-electron chi connectivity index (χ4n) is 3.04. The zero-order chi connectivity index (χ0) is 18.7. The second kappa shape index (κ2) is 7.56. The van der Waals surface area contributed by atoms with E-state index >= 15 is 0 Å². The van der Waals surface area contributed by atoms with Crippen LogP contribution in [0.2, 0.25) is 0 Å². The predicted octanol–water partition coefficient (Wildman–Crippen LogP) is 3.34. The Hall–Kier alpha value is -2.89. The van der Waals surface area contributed by atoms with Crippen LogP contribution in [0.5, 0.6) is 5.88 Å². The molecule has 3 rings (SSSR count). The van der Waals surface area contributed by atoms with Crippen molar-refractivity contribution in [2.24, 2.45) is 0 Å². The van der Waals surface area contributed by atoms with Crippen molar-refractivity contribution in [1.82, 2.24) is 4.98 Å². The van der Waals surface area contributed by atoms with Crippen LogP contribution in [0.25, 0.3) is 0 Å². The summed E-state index contributed by atoms with van der Waals surface area (Å²) in [5, 5.41) is 2.86. The molecule has 6 heteroatoms. The van der Waals surface area contributed by atoms with E-state index in [1.165, 1.54) is 0 Å². The standard InChI is InChI=1S/C20H22N2O4/c1-12-9-13(2)19(25-3)22-17(12)11-26-20(24)15-7-8-16-14(10-15)5-4-6-18(23)21-16/h7-10H,4-6,11H2,1-3H3,(H,21,23). The quantitative estimate of drug-likeness (QED) is 0.852. The molecule has 0 radical (unpaired) electrons. The highest BCUT2D eigenvalue weighted by Crippen LogP contribution is 2.24. The Morgan fingerprint density at radius 2 is 2.00 bits per heavy atom. The van der Waals surface area contributed by atoms with Gasteiger partial charge in [0.05, 0.1) is 18.4 Å². The smallest absolute Gasteiger partial charge is 0.338 e. The number of carbonyl (C=O) groups excluding carboxylic acids is 2. The second-order valence-electron chi connectivity index (χ2n) is 6.43. The molecule has 0 saturated carbocycles. The lowest BCUT2D eigenvalue weighted by Crippen LogP contribution is -2.11. The first kappa shape index (κ1) is 17.9. The van der Waals surface area contributed by atoms with Gasteiger partial charge in [0.1, 0.15) is 6.61 Å². The predicted molar refractivity (Wildman–Crippen MR) is 97.4 cm³/mol. The first-order valence-corrected chi connectivity index (χ1v) is 8.59. The van der Waals surface area contributed by atoms with Crippen LogP contribution in [0.1, 0.15) is 45.6 Å². The third kappa shape index (κ3) is 3.85. The highest BCUT2D eigenvalue weighted by molar-refractivity contribution is 5.94. The van der Waals surface area contributed by atoms with Crippen LogP contribution in [0.15, 0.2) is 24.3 Å². The fraction of sp³-hybridized carbons (Fsp3) is 0.350. The van der Waals surface area contributed by atoms with Crippen LogP contribution >= 0.6 is 0 Å². The van der Waals surface area contributed by atoms with E-state index < -0.39 is 5.97 Å².